The molecule has 3 aromatic carbocycles. The SMILES string of the molecule is CCn1cnc2cc(CN3CCN(C(c4ccccc4)c4ccccc4)CC3)ccc21. The van der Waals surface area contributed by atoms with Crippen molar-refractivity contribution in [3.8, 4) is 0 Å². The molecule has 1 saturated heterocycles. The number of aromatic nitrogens is 2. The molecule has 1 aromatic heterocycles. The Hall–Kier alpha value is -2.95. The molecule has 4 aromatic rings. The quantitative estimate of drug-likeness (QED) is 0.449. The van der Waals surface area contributed by atoms with E-state index in [1.807, 2.05) is 6.33 Å². The largest absolute Gasteiger partial charge is 0.331 e. The maximum absolute atomic E-state index is 4.58. The lowest BCUT2D eigenvalue weighted by Crippen LogP contribution is -2.47. The fraction of sp³-hybridized carbons (Fsp3) is 0.296. The molecule has 0 radical (unpaired) electrons. The summed E-state index contributed by atoms with van der Waals surface area (Å²) in [5.41, 5.74) is 6.43. The minimum absolute atomic E-state index is 0.318. The van der Waals surface area contributed by atoms with E-state index < -0.39 is 0 Å². The van der Waals surface area contributed by atoms with Crippen molar-refractivity contribution in [2.45, 2.75) is 26.1 Å². The van der Waals surface area contributed by atoms with Crippen molar-refractivity contribution in [2.24, 2.45) is 0 Å². The van der Waals surface area contributed by atoms with Gasteiger partial charge < -0.3 is 4.57 Å². The zero-order chi connectivity index (χ0) is 21.0. The van der Waals surface area contributed by atoms with E-state index in [-0.39, 0.29) is 0 Å². The lowest BCUT2D eigenvalue weighted by atomic mass is 9.96. The van der Waals surface area contributed by atoms with E-state index in [1.165, 1.54) is 22.2 Å². The Bertz CT molecular complexity index is 1070. The summed E-state index contributed by atoms with van der Waals surface area (Å²) >= 11 is 0. The van der Waals surface area contributed by atoms with Crippen LogP contribution in [0, 0.1) is 0 Å². The molecule has 1 aliphatic heterocycles. The molecule has 158 valence electrons. The number of piperazine rings is 1. The van der Waals surface area contributed by atoms with Crippen LogP contribution in [-0.4, -0.2) is 45.5 Å². The van der Waals surface area contributed by atoms with Gasteiger partial charge in [-0.25, -0.2) is 4.98 Å². The highest BCUT2D eigenvalue weighted by Crippen LogP contribution is 2.29. The van der Waals surface area contributed by atoms with Crippen molar-refractivity contribution in [2.75, 3.05) is 26.2 Å². The van der Waals surface area contributed by atoms with Gasteiger partial charge in [-0.05, 0) is 35.7 Å². The zero-order valence-corrected chi connectivity index (χ0v) is 18.2. The molecule has 0 atom stereocenters. The first-order chi connectivity index (χ1) is 15.3. The van der Waals surface area contributed by atoms with Crippen molar-refractivity contribution >= 4 is 11.0 Å². The third kappa shape index (κ3) is 4.27. The number of fused-ring (bicyclic) bond motifs is 1. The van der Waals surface area contributed by atoms with Gasteiger partial charge in [0.25, 0.3) is 0 Å². The van der Waals surface area contributed by atoms with Gasteiger partial charge in [-0.3, -0.25) is 9.80 Å². The second-order valence-corrected chi connectivity index (χ2v) is 8.39. The highest BCUT2D eigenvalue weighted by Gasteiger charge is 2.26. The number of benzene rings is 3. The van der Waals surface area contributed by atoms with Crippen LogP contribution in [0.25, 0.3) is 11.0 Å². The van der Waals surface area contributed by atoms with Gasteiger partial charge in [-0.15, -0.1) is 0 Å². The van der Waals surface area contributed by atoms with E-state index >= 15 is 0 Å². The van der Waals surface area contributed by atoms with Crippen molar-refractivity contribution in [1.82, 2.24) is 19.4 Å². The Balaban J connectivity index is 1.28. The molecule has 1 fully saturated rings. The summed E-state index contributed by atoms with van der Waals surface area (Å²) in [5.74, 6) is 0. The first-order valence-electron chi connectivity index (χ1n) is 11.3. The molecule has 0 saturated carbocycles. The maximum atomic E-state index is 4.58. The van der Waals surface area contributed by atoms with Gasteiger partial charge in [0, 0.05) is 39.3 Å². The van der Waals surface area contributed by atoms with E-state index in [9.17, 15) is 0 Å². The van der Waals surface area contributed by atoms with E-state index in [2.05, 4.69) is 105 Å². The fourth-order valence-electron chi connectivity index (χ4n) is 4.78. The molecular weight excluding hydrogens is 380 g/mol. The van der Waals surface area contributed by atoms with Gasteiger partial charge in [0.1, 0.15) is 0 Å². The van der Waals surface area contributed by atoms with Crippen LogP contribution >= 0.6 is 0 Å². The van der Waals surface area contributed by atoms with Crippen molar-refractivity contribution in [3.05, 3.63) is 102 Å². The van der Waals surface area contributed by atoms with Crippen LogP contribution in [0.1, 0.15) is 29.7 Å². The molecule has 0 amide bonds. The molecule has 2 heterocycles. The Labute approximate surface area is 184 Å². The maximum Gasteiger partial charge on any atom is 0.0958 e. The van der Waals surface area contributed by atoms with Gasteiger partial charge in [-0.1, -0.05) is 66.7 Å². The van der Waals surface area contributed by atoms with Gasteiger partial charge in [0.2, 0.25) is 0 Å². The smallest absolute Gasteiger partial charge is 0.0958 e. The molecule has 0 unspecified atom stereocenters. The van der Waals surface area contributed by atoms with Crippen LogP contribution < -0.4 is 0 Å². The first kappa shape index (κ1) is 20.0. The van der Waals surface area contributed by atoms with E-state index in [0.29, 0.717) is 6.04 Å². The van der Waals surface area contributed by atoms with Crippen molar-refractivity contribution < 1.29 is 0 Å². The van der Waals surface area contributed by atoms with Crippen LogP contribution in [0.5, 0.6) is 0 Å². The Morgan fingerprint density at radius 1 is 0.806 bits per heavy atom. The lowest BCUT2D eigenvalue weighted by molar-refractivity contribution is 0.105. The molecule has 1 aliphatic rings. The van der Waals surface area contributed by atoms with E-state index in [1.54, 1.807) is 0 Å². The third-order valence-corrected chi connectivity index (χ3v) is 6.43. The topological polar surface area (TPSA) is 24.3 Å². The number of nitrogens with zero attached hydrogens (tertiary/aromatic N) is 4. The third-order valence-electron chi connectivity index (χ3n) is 6.43. The van der Waals surface area contributed by atoms with Gasteiger partial charge in [0.05, 0.1) is 23.4 Å². The number of aryl methyl sites for hydroxylation is 1. The Morgan fingerprint density at radius 3 is 2.06 bits per heavy atom. The fourth-order valence-corrected chi connectivity index (χ4v) is 4.78. The number of hydrogen-bond acceptors (Lipinski definition) is 3. The molecule has 4 nitrogen and oxygen atoms in total. The molecule has 4 heteroatoms. The average Bonchev–Trinajstić information content (AvgIpc) is 3.24. The number of rotatable bonds is 6. The summed E-state index contributed by atoms with van der Waals surface area (Å²) in [6, 6.07) is 28.9. The summed E-state index contributed by atoms with van der Waals surface area (Å²) < 4.78 is 2.20. The minimum Gasteiger partial charge on any atom is -0.331 e. The second kappa shape index (κ2) is 9.04. The summed E-state index contributed by atoms with van der Waals surface area (Å²) in [6.07, 6.45) is 1.94. The number of imidazole rings is 1. The standard InChI is InChI=1S/C27H30N4/c1-2-30-21-28-25-19-22(13-14-26(25)30)20-29-15-17-31(18-16-29)27(23-9-5-3-6-10-23)24-11-7-4-8-12-24/h3-14,19,21,27H,2,15-18,20H2,1H3. The molecule has 5 rings (SSSR count). The van der Waals surface area contributed by atoms with Crippen LogP contribution in [0.15, 0.2) is 85.2 Å². The molecule has 31 heavy (non-hydrogen) atoms. The predicted molar refractivity (Wildman–Crippen MR) is 127 cm³/mol. The summed E-state index contributed by atoms with van der Waals surface area (Å²) in [5, 5.41) is 0. The summed E-state index contributed by atoms with van der Waals surface area (Å²) in [4.78, 5) is 9.79. The predicted octanol–water partition coefficient (Wildman–Crippen LogP) is 4.96. The van der Waals surface area contributed by atoms with Gasteiger partial charge in [-0.2, -0.15) is 0 Å². The average molecular weight is 411 g/mol. The lowest BCUT2D eigenvalue weighted by Gasteiger charge is -2.39. The number of hydrogen-bond donors (Lipinski definition) is 0. The van der Waals surface area contributed by atoms with Crippen molar-refractivity contribution in [3.63, 3.8) is 0 Å². The molecule has 0 bridgehead atoms. The minimum atomic E-state index is 0.318. The Morgan fingerprint density at radius 2 is 1.45 bits per heavy atom. The van der Waals surface area contributed by atoms with Crippen LogP contribution in [-0.2, 0) is 13.1 Å². The highest BCUT2D eigenvalue weighted by molar-refractivity contribution is 5.76. The van der Waals surface area contributed by atoms with Gasteiger partial charge in [0.15, 0.2) is 0 Å². The molecule has 0 aliphatic carbocycles. The Kier molecular flexibility index (Phi) is 5.83. The van der Waals surface area contributed by atoms with Gasteiger partial charge >= 0.3 is 0 Å². The van der Waals surface area contributed by atoms with Crippen molar-refractivity contribution in [1.29, 1.82) is 0 Å². The van der Waals surface area contributed by atoms with E-state index in [4.69, 9.17) is 0 Å². The first-order valence-corrected chi connectivity index (χ1v) is 11.3. The van der Waals surface area contributed by atoms with Crippen LogP contribution in [0.4, 0.5) is 0 Å². The van der Waals surface area contributed by atoms with Crippen LogP contribution in [0.2, 0.25) is 0 Å². The monoisotopic (exact) mass is 410 g/mol. The van der Waals surface area contributed by atoms with E-state index in [0.717, 1.165) is 44.8 Å². The summed E-state index contributed by atoms with van der Waals surface area (Å²) in [6.45, 7) is 8.41. The molecule has 0 spiro atoms. The molecule has 0 N–H and O–H groups in total. The zero-order valence-electron chi connectivity index (χ0n) is 18.2. The normalized spacial score (nSPS) is 15.7. The molecular formula is C27H30N4. The van der Waals surface area contributed by atoms with Crippen LogP contribution in [0.3, 0.4) is 0 Å². The highest BCUT2D eigenvalue weighted by atomic mass is 15.3. The second-order valence-electron chi connectivity index (χ2n) is 8.39. The summed E-state index contributed by atoms with van der Waals surface area (Å²) in [7, 11) is 0.